The van der Waals surface area contributed by atoms with Crippen LogP contribution in [0.1, 0.15) is 68.1 Å². The van der Waals surface area contributed by atoms with E-state index < -0.39 is 24.1 Å². The largest absolute Gasteiger partial charge is 0.481 e. The molecule has 8 nitrogen and oxygen atoms in total. The summed E-state index contributed by atoms with van der Waals surface area (Å²) in [6, 6.07) is 10.7. The maximum Gasteiger partial charge on any atom is 0.414 e. The van der Waals surface area contributed by atoms with Crippen LogP contribution in [0.3, 0.4) is 0 Å². The Hall–Kier alpha value is -3.10. The summed E-state index contributed by atoms with van der Waals surface area (Å²) in [7, 11) is 1.37. The number of imidazole rings is 1. The molecule has 1 aromatic heterocycles. The Balaban J connectivity index is 1.70. The quantitative estimate of drug-likeness (QED) is 0.479. The molecule has 2 heterocycles. The number of amides is 1. The topological polar surface area (TPSA) is 105 Å². The second kappa shape index (κ2) is 9.75. The number of halogens is 1. The molecule has 0 radical (unpaired) electrons. The van der Waals surface area contributed by atoms with E-state index in [1.807, 2.05) is 23.6 Å². The Labute approximate surface area is 214 Å². The lowest BCUT2D eigenvalue weighted by Gasteiger charge is -2.34. The van der Waals surface area contributed by atoms with Crippen molar-refractivity contribution in [3.63, 3.8) is 0 Å². The van der Waals surface area contributed by atoms with Crippen molar-refractivity contribution in [2.24, 2.45) is 5.92 Å². The molecule has 2 aliphatic rings. The number of carbonyl (C=O) groups excluding carboxylic acids is 1. The predicted molar refractivity (Wildman–Crippen MR) is 137 cm³/mol. The number of benzene rings is 2. The first-order valence-electron chi connectivity index (χ1n) is 12.4. The Morgan fingerprint density at radius 2 is 2.00 bits per heavy atom. The molecule has 4 atom stereocenters. The van der Waals surface area contributed by atoms with E-state index in [9.17, 15) is 19.8 Å². The summed E-state index contributed by atoms with van der Waals surface area (Å²) in [4.78, 5) is 31.0. The third kappa shape index (κ3) is 4.22. The fourth-order valence-corrected chi connectivity index (χ4v) is 6.02. The molecule has 0 saturated heterocycles. The highest BCUT2D eigenvalue weighted by atomic mass is 35.5. The molecule has 3 aromatic rings. The summed E-state index contributed by atoms with van der Waals surface area (Å²) in [6.07, 6.45) is 2.72. The van der Waals surface area contributed by atoms with Crippen LogP contribution in [-0.2, 0) is 16.0 Å². The van der Waals surface area contributed by atoms with E-state index in [0.29, 0.717) is 29.3 Å². The van der Waals surface area contributed by atoms with Gasteiger partial charge in [-0.3, -0.25) is 9.69 Å². The Kier molecular flexibility index (Phi) is 6.66. The van der Waals surface area contributed by atoms with Gasteiger partial charge in [-0.05, 0) is 68.9 Å². The van der Waals surface area contributed by atoms with Crippen LogP contribution in [0.4, 0.5) is 10.5 Å². The SMILES string of the molecule is COC(=O)N1c2ccc3c(nc([C@H](O)c4cccc(Cl)c4)n3[C@@H]3CCC[C@@H](C(=O)O)C3)c2CC[C@@H]1C. The van der Waals surface area contributed by atoms with E-state index in [2.05, 4.69) is 0 Å². The smallest absolute Gasteiger partial charge is 0.414 e. The van der Waals surface area contributed by atoms with Gasteiger partial charge in [0, 0.05) is 22.7 Å². The molecular weight excluding hydrogens is 482 g/mol. The van der Waals surface area contributed by atoms with Gasteiger partial charge in [0.25, 0.3) is 0 Å². The lowest BCUT2D eigenvalue weighted by Crippen LogP contribution is -2.42. The van der Waals surface area contributed by atoms with Crippen LogP contribution in [-0.4, -0.2) is 45.0 Å². The van der Waals surface area contributed by atoms with Crippen molar-refractivity contribution in [3.8, 4) is 0 Å². The van der Waals surface area contributed by atoms with E-state index in [1.165, 1.54) is 7.11 Å². The molecule has 1 aliphatic heterocycles. The molecule has 1 fully saturated rings. The monoisotopic (exact) mass is 511 g/mol. The number of fused-ring (bicyclic) bond motifs is 3. The average molecular weight is 512 g/mol. The van der Waals surface area contributed by atoms with Gasteiger partial charge < -0.3 is 19.5 Å². The van der Waals surface area contributed by atoms with Gasteiger partial charge in [-0.25, -0.2) is 9.78 Å². The molecule has 1 saturated carbocycles. The minimum Gasteiger partial charge on any atom is -0.481 e. The summed E-state index contributed by atoms with van der Waals surface area (Å²) < 4.78 is 7.07. The van der Waals surface area contributed by atoms with E-state index in [0.717, 1.165) is 48.0 Å². The zero-order valence-electron chi connectivity index (χ0n) is 20.4. The first-order chi connectivity index (χ1) is 17.3. The fourth-order valence-electron chi connectivity index (χ4n) is 5.82. The average Bonchev–Trinajstić information content (AvgIpc) is 3.27. The van der Waals surface area contributed by atoms with Gasteiger partial charge in [0.05, 0.1) is 29.7 Å². The lowest BCUT2D eigenvalue weighted by molar-refractivity contribution is -0.143. The first kappa shape index (κ1) is 24.6. The van der Waals surface area contributed by atoms with Crippen LogP contribution in [0.25, 0.3) is 11.0 Å². The van der Waals surface area contributed by atoms with Gasteiger partial charge in [0.1, 0.15) is 11.9 Å². The number of aliphatic hydroxyl groups is 1. The number of hydrogen-bond donors (Lipinski definition) is 2. The van der Waals surface area contributed by atoms with Crippen molar-refractivity contribution in [1.29, 1.82) is 0 Å². The molecule has 0 bridgehead atoms. The van der Waals surface area contributed by atoms with E-state index >= 15 is 0 Å². The number of aryl methyl sites for hydroxylation is 1. The van der Waals surface area contributed by atoms with Crippen LogP contribution < -0.4 is 4.90 Å². The Bertz CT molecular complexity index is 1320. The number of aliphatic hydroxyl groups excluding tert-OH is 1. The van der Waals surface area contributed by atoms with E-state index in [-0.39, 0.29) is 12.1 Å². The number of rotatable bonds is 4. The van der Waals surface area contributed by atoms with Gasteiger partial charge in [-0.2, -0.15) is 0 Å². The molecule has 2 N–H and O–H groups in total. The van der Waals surface area contributed by atoms with Crippen LogP contribution in [0, 0.1) is 5.92 Å². The highest BCUT2D eigenvalue weighted by molar-refractivity contribution is 6.30. The number of carboxylic acids is 1. The molecule has 36 heavy (non-hydrogen) atoms. The number of anilines is 1. The standard InChI is InChI=1S/C27H30ClN3O5/c1-15-9-10-20-21(30(15)27(35)36-2)11-12-22-23(20)29-25(24(32)16-5-3-7-18(28)13-16)31(22)19-8-4-6-17(14-19)26(33)34/h3,5,7,11-13,15,17,19,24,32H,4,6,8-10,14H2,1-2H3,(H,33,34)/t15-,17+,19+,24+/m0/s1. The first-order valence-corrected chi connectivity index (χ1v) is 12.7. The molecule has 1 amide bonds. The van der Waals surface area contributed by atoms with Gasteiger partial charge >= 0.3 is 12.1 Å². The van der Waals surface area contributed by atoms with Crippen molar-refractivity contribution in [3.05, 3.63) is 58.4 Å². The summed E-state index contributed by atoms with van der Waals surface area (Å²) >= 11 is 6.21. The van der Waals surface area contributed by atoms with Gasteiger partial charge in [-0.15, -0.1) is 0 Å². The lowest BCUT2D eigenvalue weighted by atomic mass is 9.85. The van der Waals surface area contributed by atoms with Crippen LogP contribution in [0.5, 0.6) is 0 Å². The Morgan fingerprint density at radius 3 is 2.72 bits per heavy atom. The van der Waals surface area contributed by atoms with E-state index in [1.54, 1.807) is 29.2 Å². The normalized spacial score (nSPS) is 22.8. The molecule has 0 spiro atoms. The van der Waals surface area contributed by atoms with Crippen LogP contribution >= 0.6 is 11.6 Å². The molecule has 1 aliphatic carbocycles. The number of aromatic nitrogens is 2. The molecular formula is C27H30ClN3O5. The van der Waals surface area contributed by atoms with Crippen molar-refractivity contribution in [2.75, 3.05) is 12.0 Å². The van der Waals surface area contributed by atoms with Crippen molar-refractivity contribution in [2.45, 2.75) is 63.6 Å². The zero-order chi connectivity index (χ0) is 25.6. The highest BCUT2D eigenvalue weighted by Crippen LogP contribution is 2.42. The molecule has 190 valence electrons. The van der Waals surface area contributed by atoms with Crippen LogP contribution in [0.2, 0.25) is 5.02 Å². The summed E-state index contributed by atoms with van der Waals surface area (Å²) in [6.45, 7) is 1.99. The summed E-state index contributed by atoms with van der Waals surface area (Å²) in [5.41, 5.74) is 3.86. The number of methoxy groups -OCH3 is 1. The minimum absolute atomic E-state index is 0.0179. The van der Waals surface area contributed by atoms with Crippen molar-refractivity contribution >= 4 is 40.4 Å². The third-order valence-corrected chi connectivity index (χ3v) is 7.86. The predicted octanol–water partition coefficient (Wildman–Crippen LogP) is 5.49. The number of ether oxygens (including phenoxy) is 1. The highest BCUT2D eigenvalue weighted by Gasteiger charge is 2.35. The molecule has 2 aromatic carbocycles. The zero-order valence-corrected chi connectivity index (χ0v) is 21.1. The second-order valence-electron chi connectivity index (χ2n) is 9.81. The fraction of sp³-hybridized carbons (Fsp3) is 0.444. The number of aliphatic carboxylic acids is 1. The number of carboxylic acid groups (broad SMARTS) is 1. The number of carbonyl (C=O) groups is 2. The molecule has 0 unspecified atom stereocenters. The van der Waals surface area contributed by atoms with Crippen LogP contribution in [0.15, 0.2) is 36.4 Å². The van der Waals surface area contributed by atoms with Crippen molar-refractivity contribution < 1.29 is 24.5 Å². The Morgan fingerprint density at radius 1 is 1.19 bits per heavy atom. The minimum atomic E-state index is -1.05. The van der Waals surface area contributed by atoms with Crippen molar-refractivity contribution in [1.82, 2.24) is 9.55 Å². The van der Waals surface area contributed by atoms with E-state index in [4.69, 9.17) is 21.3 Å². The third-order valence-electron chi connectivity index (χ3n) is 7.62. The maximum absolute atomic E-state index is 12.6. The van der Waals surface area contributed by atoms with Gasteiger partial charge in [0.2, 0.25) is 0 Å². The molecule has 5 rings (SSSR count). The number of nitrogens with zero attached hydrogens (tertiary/aromatic N) is 3. The second-order valence-corrected chi connectivity index (χ2v) is 10.2. The number of hydrogen-bond acceptors (Lipinski definition) is 5. The maximum atomic E-state index is 12.6. The van der Waals surface area contributed by atoms with Gasteiger partial charge in [0.15, 0.2) is 0 Å². The van der Waals surface area contributed by atoms with Gasteiger partial charge in [-0.1, -0.05) is 30.2 Å². The summed E-state index contributed by atoms with van der Waals surface area (Å²) in [5, 5.41) is 21.7. The molecule has 9 heteroatoms. The summed E-state index contributed by atoms with van der Waals surface area (Å²) in [5.74, 6) is -0.772.